The van der Waals surface area contributed by atoms with Gasteiger partial charge in [-0.2, -0.15) is 4.99 Å². The molecule has 98 valence electrons. The highest BCUT2D eigenvalue weighted by molar-refractivity contribution is 7.16. The molecule has 0 bridgehead atoms. The number of carbonyl (C=O) groups is 1. The Morgan fingerprint density at radius 3 is 2.95 bits per heavy atom. The van der Waals surface area contributed by atoms with E-state index < -0.39 is 6.10 Å². The lowest BCUT2D eigenvalue weighted by atomic mass is 10.2. The molecule has 0 fully saturated rings. The van der Waals surface area contributed by atoms with Gasteiger partial charge in [0.2, 0.25) is 5.88 Å². The number of aromatic nitrogens is 1. The van der Waals surface area contributed by atoms with E-state index in [4.69, 9.17) is 9.26 Å². The summed E-state index contributed by atoms with van der Waals surface area (Å²) in [4.78, 5) is 16.5. The molecule has 6 nitrogen and oxygen atoms in total. The Balaban J connectivity index is 1.91. The first-order chi connectivity index (χ1) is 9.15. The zero-order valence-electron chi connectivity index (χ0n) is 10.3. The van der Waals surface area contributed by atoms with Gasteiger partial charge in [0.15, 0.2) is 12.4 Å². The highest BCUT2D eigenvalue weighted by Gasteiger charge is 2.26. The largest absolute Gasteiger partial charge is 0.449 e. The first-order valence-corrected chi connectivity index (χ1v) is 6.48. The summed E-state index contributed by atoms with van der Waals surface area (Å²) in [6.45, 7) is 3.78. The maximum atomic E-state index is 11.1. The van der Waals surface area contributed by atoms with Crippen LogP contribution in [0.3, 0.4) is 0 Å². The Hall–Kier alpha value is -2.15. The zero-order valence-corrected chi connectivity index (χ0v) is 11.2. The van der Waals surface area contributed by atoms with Gasteiger partial charge in [-0.25, -0.2) is 0 Å². The lowest BCUT2D eigenvalue weighted by Crippen LogP contribution is -2.22. The predicted octanol–water partition coefficient (Wildman–Crippen LogP) is 2.72. The minimum absolute atomic E-state index is 0.239. The normalized spacial score (nSPS) is 17.4. The number of fused-ring (bicyclic) bond motifs is 1. The van der Waals surface area contributed by atoms with E-state index in [1.165, 1.54) is 11.3 Å². The molecular formula is C12H11N3O3S. The van der Waals surface area contributed by atoms with Gasteiger partial charge in [0.25, 0.3) is 6.02 Å². The Morgan fingerprint density at radius 2 is 2.26 bits per heavy atom. The highest BCUT2D eigenvalue weighted by atomic mass is 32.1. The molecule has 1 aliphatic heterocycles. The third kappa shape index (κ3) is 2.24. The smallest absolute Gasteiger partial charge is 0.298 e. The van der Waals surface area contributed by atoms with Gasteiger partial charge in [0.05, 0.1) is 5.69 Å². The number of nitrogens with one attached hydrogen (secondary N) is 1. The third-order valence-corrected chi connectivity index (χ3v) is 3.55. The molecule has 1 unspecified atom stereocenters. The van der Waals surface area contributed by atoms with Crippen molar-refractivity contribution in [3.05, 3.63) is 28.3 Å². The van der Waals surface area contributed by atoms with Crippen LogP contribution < -0.4 is 5.32 Å². The molecule has 0 aliphatic carbocycles. The second-order valence-electron chi connectivity index (χ2n) is 4.17. The Kier molecular flexibility index (Phi) is 2.83. The van der Waals surface area contributed by atoms with Gasteiger partial charge < -0.3 is 9.26 Å². The van der Waals surface area contributed by atoms with Crippen molar-refractivity contribution in [2.75, 3.05) is 5.32 Å². The minimum atomic E-state index is -0.635. The van der Waals surface area contributed by atoms with Crippen LogP contribution in [0.4, 0.5) is 10.9 Å². The summed E-state index contributed by atoms with van der Waals surface area (Å²) >= 11 is 1.52. The summed E-state index contributed by atoms with van der Waals surface area (Å²) in [5, 5.41) is 7.39. The van der Waals surface area contributed by atoms with Crippen LogP contribution in [0.2, 0.25) is 0 Å². The fourth-order valence-electron chi connectivity index (χ4n) is 1.80. The molecule has 2 aromatic heterocycles. The summed E-state index contributed by atoms with van der Waals surface area (Å²) in [5.41, 5.74) is 1.55. The molecule has 0 radical (unpaired) electrons. The quantitative estimate of drug-likeness (QED) is 0.854. The molecule has 1 N–H and O–H groups in total. The molecule has 2 aromatic rings. The number of carbonyl (C=O) groups excluding carboxylic acids is 1. The molecule has 0 aromatic carbocycles. The van der Waals surface area contributed by atoms with Gasteiger partial charge in [0, 0.05) is 16.5 Å². The number of thiophene rings is 1. The van der Waals surface area contributed by atoms with E-state index in [2.05, 4.69) is 15.5 Å². The number of amidine groups is 1. The van der Waals surface area contributed by atoms with Gasteiger partial charge in [-0.05, 0) is 19.9 Å². The SMILES string of the molecule is Cc1cc(NC2=Nc3sc(C)cc3C(C=O)O2)on1. The molecule has 0 spiro atoms. The molecule has 3 heterocycles. The van der Waals surface area contributed by atoms with Crippen molar-refractivity contribution in [3.63, 3.8) is 0 Å². The minimum Gasteiger partial charge on any atom is -0.449 e. The summed E-state index contributed by atoms with van der Waals surface area (Å²) in [5.74, 6) is 0.428. The summed E-state index contributed by atoms with van der Waals surface area (Å²) < 4.78 is 10.5. The molecule has 3 rings (SSSR count). The third-order valence-electron chi connectivity index (χ3n) is 2.59. The van der Waals surface area contributed by atoms with E-state index in [0.717, 1.165) is 27.4 Å². The summed E-state index contributed by atoms with van der Waals surface area (Å²) in [7, 11) is 0. The monoisotopic (exact) mass is 277 g/mol. The number of hydrogen-bond acceptors (Lipinski definition) is 7. The predicted molar refractivity (Wildman–Crippen MR) is 70.9 cm³/mol. The van der Waals surface area contributed by atoms with Crippen LogP contribution in [0.1, 0.15) is 22.2 Å². The van der Waals surface area contributed by atoms with Gasteiger partial charge in [0.1, 0.15) is 5.00 Å². The number of anilines is 1. The number of aldehydes is 1. The molecular weight excluding hydrogens is 266 g/mol. The van der Waals surface area contributed by atoms with Crippen molar-refractivity contribution in [1.82, 2.24) is 5.16 Å². The number of hydrogen-bond donors (Lipinski definition) is 1. The van der Waals surface area contributed by atoms with Crippen LogP contribution in [0, 0.1) is 13.8 Å². The maximum absolute atomic E-state index is 11.1. The average molecular weight is 277 g/mol. The molecule has 0 amide bonds. The van der Waals surface area contributed by atoms with Crippen molar-refractivity contribution in [3.8, 4) is 0 Å². The molecule has 1 atom stereocenters. The van der Waals surface area contributed by atoms with Gasteiger partial charge in [-0.15, -0.1) is 11.3 Å². The molecule has 0 saturated carbocycles. The van der Waals surface area contributed by atoms with Crippen LogP contribution >= 0.6 is 11.3 Å². The molecule has 0 saturated heterocycles. The van der Waals surface area contributed by atoms with E-state index in [0.29, 0.717) is 5.88 Å². The maximum Gasteiger partial charge on any atom is 0.298 e. The van der Waals surface area contributed by atoms with E-state index in [1.807, 2.05) is 19.9 Å². The van der Waals surface area contributed by atoms with Gasteiger partial charge in [-0.1, -0.05) is 5.16 Å². The molecule has 7 heteroatoms. The lowest BCUT2D eigenvalue weighted by Gasteiger charge is -2.19. The van der Waals surface area contributed by atoms with E-state index in [9.17, 15) is 4.79 Å². The Morgan fingerprint density at radius 1 is 1.42 bits per heavy atom. The van der Waals surface area contributed by atoms with Gasteiger partial charge >= 0.3 is 0 Å². The first-order valence-electron chi connectivity index (χ1n) is 5.67. The van der Waals surface area contributed by atoms with E-state index >= 15 is 0 Å². The fraction of sp³-hybridized carbons (Fsp3) is 0.250. The summed E-state index contributed by atoms with van der Waals surface area (Å²) in [6.07, 6.45) is 0.122. The number of aliphatic imine (C=N–C) groups is 1. The zero-order chi connectivity index (χ0) is 13.4. The van der Waals surface area contributed by atoms with Crippen LogP contribution in [-0.4, -0.2) is 17.5 Å². The van der Waals surface area contributed by atoms with Gasteiger partial charge in [-0.3, -0.25) is 10.1 Å². The highest BCUT2D eigenvalue weighted by Crippen LogP contribution is 2.38. The van der Waals surface area contributed by atoms with E-state index in [-0.39, 0.29) is 6.02 Å². The number of rotatable bonds is 2. The van der Waals surface area contributed by atoms with Crippen molar-refractivity contribution >= 4 is 34.5 Å². The van der Waals surface area contributed by atoms with Crippen molar-refractivity contribution in [2.24, 2.45) is 4.99 Å². The fourth-order valence-corrected chi connectivity index (χ4v) is 2.71. The van der Waals surface area contributed by atoms with Crippen LogP contribution in [0.15, 0.2) is 21.6 Å². The van der Waals surface area contributed by atoms with E-state index in [1.54, 1.807) is 6.07 Å². The molecule has 1 aliphatic rings. The summed E-state index contributed by atoms with van der Waals surface area (Å²) in [6, 6.07) is 3.87. The second kappa shape index (κ2) is 4.51. The molecule has 19 heavy (non-hydrogen) atoms. The van der Waals surface area contributed by atoms with Crippen LogP contribution in [-0.2, 0) is 9.53 Å². The number of nitrogens with zero attached hydrogens (tertiary/aromatic N) is 2. The number of aryl methyl sites for hydroxylation is 2. The van der Waals surface area contributed by atoms with Crippen molar-refractivity contribution in [2.45, 2.75) is 20.0 Å². The lowest BCUT2D eigenvalue weighted by molar-refractivity contribution is -0.114. The van der Waals surface area contributed by atoms with Crippen molar-refractivity contribution in [1.29, 1.82) is 0 Å². The topological polar surface area (TPSA) is 76.7 Å². The first kappa shape index (κ1) is 11.9. The Labute approximate surface area is 113 Å². The standard InChI is InChI=1S/C12H11N3O3S/c1-6-3-10(18-15-6)13-12-14-11-8(4-7(2)19-11)9(5-16)17-12/h3-5,9H,1-2H3,(H,13,14). The Bertz CT molecular complexity index is 659. The second-order valence-corrected chi connectivity index (χ2v) is 5.40. The average Bonchev–Trinajstić information content (AvgIpc) is 2.93. The van der Waals surface area contributed by atoms with Crippen molar-refractivity contribution < 1.29 is 14.1 Å². The number of ether oxygens (including phenoxy) is 1. The van der Waals surface area contributed by atoms with Crippen LogP contribution in [0.5, 0.6) is 0 Å². The van der Waals surface area contributed by atoms with Crippen LogP contribution in [0.25, 0.3) is 0 Å².